The largest absolute Gasteiger partial charge is 0.466 e. The molecule has 3 heterocycles. The van der Waals surface area contributed by atoms with E-state index in [2.05, 4.69) is 9.97 Å². The summed E-state index contributed by atoms with van der Waals surface area (Å²) in [5.74, 6) is 0.0873. The molecule has 0 aliphatic carbocycles. The molecule has 1 atom stereocenters. The zero-order valence-electron chi connectivity index (χ0n) is 17.0. The average molecular weight is 427 g/mol. The number of amides is 1. The summed E-state index contributed by atoms with van der Waals surface area (Å²) in [6.45, 7) is 4.98. The Labute approximate surface area is 179 Å². The number of hydrogen-bond acceptors (Lipinski definition) is 5. The summed E-state index contributed by atoms with van der Waals surface area (Å²) in [4.78, 5) is 36.0. The van der Waals surface area contributed by atoms with Crippen LogP contribution in [0.2, 0.25) is 5.02 Å². The van der Waals surface area contributed by atoms with E-state index in [1.807, 2.05) is 23.6 Å². The van der Waals surface area contributed by atoms with E-state index in [4.69, 9.17) is 16.3 Å². The highest BCUT2D eigenvalue weighted by Gasteiger charge is 2.30. The van der Waals surface area contributed by atoms with Crippen molar-refractivity contribution in [3.05, 3.63) is 52.9 Å². The second kappa shape index (κ2) is 8.44. The van der Waals surface area contributed by atoms with Crippen LogP contribution in [0, 0.1) is 12.8 Å². The number of halogens is 1. The van der Waals surface area contributed by atoms with Gasteiger partial charge in [0.1, 0.15) is 11.3 Å². The highest BCUT2D eigenvalue weighted by Crippen LogP contribution is 2.28. The molecule has 30 heavy (non-hydrogen) atoms. The van der Waals surface area contributed by atoms with Crippen LogP contribution in [0.1, 0.15) is 35.9 Å². The number of hydrogen-bond donors (Lipinski definition) is 0. The molecule has 1 saturated heterocycles. The van der Waals surface area contributed by atoms with Gasteiger partial charge in [0.25, 0.3) is 5.91 Å². The lowest BCUT2D eigenvalue weighted by atomic mass is 9.97. The van der Waals surface area contributed by atoms with Gasteiger partial charge in [-0.25, -0.2) is 9.97 Å². The van der Waals surface area contributed by atoms with Crippen LogP contribution in [0.3, 0.4) is 0 Å². The van der Waals surface area contributed by atoms with Crippen LogP contribution in [0.4, 0.5) is 0 Å². The van der Waals surface area contributed by atoms with Gasteiger partial charge in [-0.2, -0.15) is 0 Å². The summed E-state index contributed by atoms with van der Waals surface area (Å²) in [6, 6.07) is 8.91. The van der Waals surface area contributed by atoms with Crippen molar-refractivity contribution < 1.29 is 14.3 Å². The second-order valence-corrected chi connectivity index (χ2v) is 7.76. The van der Waals surface area contributed by atoms with Gasteiger partial charge >= 0.3 is 5.97 Å². The number of aryl methyl sites for hydroxylation is 1. The van der Waals surface area contributed by atoms with Crippen molar-refractivity contribution in [2.24, 2.45) is 5.92 Å². The zero-order valence-corrected chi connectivity index (χ0v) is 17.7. The number of fused-ring (bicyclic) bond motifs is 1. The molecule has 0 bridgehead atoms. The van der Waals surface area contributed by atoms with E-state index < -0.39 is 0 Å². The van der Waals surface area contributed by atoms with Gasteiger partial charge in [-0.3, -0.25) is 14.2 Å². The monoisotopic (exact) mass is 426 g/mol. The number of carbonyl (C=O) groups excluding carboxylic acids is 2. The molecular formula is C22H23ClN4O3. The third kappa shape index (κ3) is 3.77. The Morgan fingerprint density at radius 1 is 1.30 bits per heavy atom. The van der Waals surface area contributed by atoms with E-state index in [0.29, 0.717) is 41.6 Å². The molecule has 1 aliphatic rings. The summed E-state index contributed by atoms with van der Waals surface area (Å²) in [5.41, 5.74) is 2.61. The first-order valence-electron chi connectivity index (χ1n) is 10.1. The van der Waals surface area contributed by atoms with Crippen LogP contribution in [-0.4, -0.2) is 51.0 Å². The third-order valence-electron chi connectivity index (χ3n) is 5.35. The molecule has 2 aromatic heterocycles. The lowest BCUT2D eigenvalue weighted by molar-refractivity contribution is -0.149. The number of nitrogens with zero attached hydrogens (tertiary/aromatic N) is 4. The second-order valence-electron chi connectivity index (χ2n) is 7.35. The number of ether oxygens (including phenoxy) is 1. The Kier molecular flexibility index (Phi) is 5.72. The van der Waals surface area contributed by atoms with Crippen molar-refractivity contribution in [2.75, 3.05) is 19.7 Å². The minimum atomic E-state index is -0.279. The van der Waals surface area contributed by atoms with Gasteiger partial charge in [-0.15, -0.1) is 0 Å². The topological polar surface area (TPSA) is 77.3 Å². The first kappa shape index (κ1) is 20.3. The summed E-state index contributed by atoms with van der Waals surface area (Å²) in [6.07, 6.45) is 3.21. The molecule has 156 valence electrons. The number of pyridine rings is 1. The minimum Gasteiger partial charge on any atom is -0.466 e. The molecule has 0 spiro atoms. The number of carbonyl (C=O) groups is 2. The lowest BCUT2D eigenvalue weighted by Crippen LogP contribution is -2.42. The molecular weight excluding hydrogens is 404 g/mol. The van der Waals surface area contributed by atoms with Crippen molar-refractivity contribution in [3.8, 4) is 5.69 Å². The summed E-state index contributed by atoms with van der Waals surface area (Å²) >= 11 is 6.49. The lowest BCUT2D eigenvalue weighted by Gasteiger charge is -2.31. The van der Waals surface area contributed by atoms with Crippen molar-refractivity contribution >= 4 is 34.6 Å². The van der Waals surface area contributed by atoms with E-state index in [9.17, 15) is 9.59 Å². The molecule has 1 fully saturated rings. The minimum absolute atomic E-state index is 0.128. The molecule has 7 nitrogen and oxygen atoms in total. The highest BCUT2D eigenvalue weighted by molar-refractivity contribution is 6.32. The zero-order chi connectivity index (χ0) is 21.3. The normalized spacial score (nSPS) is 16.6. The fraction of sp³-hybridized carbons (Fsp3) is 0.364. The summed E-state index contributed by atoms with van der Waals surface area (Å²) in [7, 11) is 0. The molecule has 8 heteroatoms. The number of likely N-dealkylation sites (tertiary alicyclic amines) is 1. The molecule has 4 rings (SSSR count). The van der Waals surface area contributed by atoms with E-state index in [0.717, 1.165) is 24.2 Å². The maximum atomic E-state index is 13.2. The summed E-state index contributed by atoms with van der Waals surface area (Å²) < 4.78 is 6.99. The number of imidazole rings is 1. The van der Waals surface area contributed by atoms with Crippen LogP contribution in [0.25, 0.3) is 16.9 Å². The Hall–Kier alpha value is -2.93. The molecule has 1 unspecified atom stereocenters. The summed E-state index contributed by atoms with van der Waals surface area (Å²) in [5, 5.41) is 0.502. The number of aromatic nitrogens is 3. The van der Waals surface area contributed by atoms with Crippen LogP contribution < -0.4 is 0 Å². The van der Waals surface area contributed by atoms with Crippen LogP contribution in [0.5, 0.6) is 0 Å². The third-order valence-corrected chi connectivity index (χ3v) is 5.67. The molecule has 0 radical (unpaired) electrons. The molecule has 1 aliphatic heterocycles. The fourth-order valence-electron chi connectivity index (χ4n) is 3.93. The molecule has 0 saturated carbocycles. The molecule has 1 amide bonds. The first-order chi connectivity index (χ1) is 14.5. The van der Waals surface area contributed by atoms with Gasteiger partial charge in [0.05, 0.1) is 23.2 Å². The number of benzene rings is 1. The van der Waals surface area contributed by atoms with Gasteiger partial charge in [-0.05, 0) is 57.0 Å². The number of esters is 1. The Bertz CT molecular complexity index is 1110. The molecule has 1 aromatic carbocycles. The number of piperidine rings is 1. The standard InChI is InChI=1S/C22H23ClN4O3/c1-3-30-22(29)16-6-5-11-26(13-16)21(28)15-8-9-17(23)19(12-15)27-14(2)25-18-7-4-10-24-20(18)27/h4,7-10,12,16H,3,5-6,11,13H2,1-2H3. The van der Waals surface area contributed by atoms with Crippen molar-refractivity contribution in [3.63, 3.8) is 0 Å². The fourth-order valence-corrected chi connectivity index (χ4v) is 4.13. The van der Waals surface area contributed by atoms with E-state index >= 15 is 0 Å². The van der Waals surface area contributed by atoms with Crippen LogP contribution >= 0.6 is 11.6 Å². The van der Waals surface area contributed by atoms with Crippen molar-refractivity contribution in [1.82, 2.24) is 19.4 Å². The predicted octanol–water partition coefficient (Wildman–Crippen LogP) is 3.80. The molecule has 0 N–H and O–H groups in total. The predicted molar refractivity (Wildman–Crippen MR) is 114 cm³/mol. The van der Waals surface area contributed by atoms with E-state index in [1.165, 1.54) is 0 Å². The van der Waals surface area contributed by atoms with E-state index in [-0.39, 0.29) is 17.8 Å². The van der Waals surface area contributed by atoms with Crippen LogP contribution in [0.15, 0.2) is 36.5 Å². The maximum Gasteiger partial charge on any atom is 0.310 e. The van der Waals surface area contributed by atoms with Crippen LogP contribution in [-0.2, 0) is 9.53 Å². The Morgan fingerprint density at radius 3 is 2.93 bits per heavy atom. The SMILES string of the molecule is CCOC(=O)C1CCCN(C(=O)c2ccc(Cl)c(-n3c(C)nc4cccnc43)c2)C1. The van der Waals surface area contributed by atoms with E-state index in [1.54, 1.807) is 36.2 Å². The Morgan fingerprint density at radius 2 is 2.13 bits per heavy atom. The van der Waals surface area contributed by atoms with Crippen molar-refractivity contribution in [2.45, 2.75) is 26.7 Å². The molecule has 3 aromatic rings. The van der Waals surface area contributed by atoms with Gasteiger partial charge in [0, 0.05) is 24.8 Å². The first-order valence-corrected chi connectivity index (χ1v) is 10.4. The smallest absolute Gasteiger partial charge is 0.310 e. The highest BCUT2D eigenvalue weighted by atomic mass is 35.5. The average Bonchev–Trinajstić information content (AvgIpc) is 3.09. The van der Waals surface area contributed by atoms with Gasteiger partial charge in [0.2, 0.25) is 0 Å². The maximum absolute atomic E-state index is 13.2. The number of rotatable bonds is 4. The van der Waals surface area contributed by atoms with Gasteiger partial charge in [-0.1, -0.05) is 11.6 Å². The van der Waals surface area contributed by atoms with Gasteiger partial charge < -0.3 is 9.64 Å². The van der Waals surface area contributed by atoms with Gasteiger partial charge in [0.15, 0.2) is 5.65 Å². The van der Waals surface area contributed by atoms with Crippen molar-refractivity contribution in [1.29, 1.82) is 0 Å². The Balaban J connectivity index is 1.65. The quantitative estimate of drug-likeness (QED) is 0.593.